The lowest BCUT2D eigenvalue weighted by Crippen LogP contribution is -2.51. The van der Waals surface area contributed by atoms with Gasteiger partial charge in [-0.3, -0.25) is 9.59 Å². The molecule has 2 aromatic rings. The fraction of sp³-hybridized carbons (Fsp3) is 0.462. The van der Waals surface area contributed by atoms with Crippen molar-refractivity contribution in [1.82, 2.24) is 10.2 Å². The van der Waals surface area contributed by atoms with Crippen LogP contribution in [0.1, 0.15) is 55.9 Å². The van der Waals surface area contributed by atoms with Gasteiger partial charge < -0.3 is 10.2 Å². The van der Waals surface area contributed by atoms with Crippen LogP contribution in [-0.2, 0) is 21.9 Å². The molecule has 2 atom stereocenters. The van der Waals surface area contributed by atoms with Gasteiger partial charge in [0.05, 0.1) is 5.75 Å². The number of nitrogens with zero attached hydrogens (tertiary/aromatic N) is 1. The summed E-state index contributed by atoms with van der Waals surface area (Å²) in [6.07, 6.45) is 1.45. The molecule has 2 amide bonds. The fourth-order valence-corrected chi connectivity index (χ4v) is 4.23. The molecule has 0 radical (unpaired) electrons. The monoisotopic (exact) mass is 440 g/mol. The Balaban J connectivity index is 2.14. The summed E-state index contributed by atoms with van der Waals surface area (Å²) in [6.45, 7) is 10.6. The largest absolute Gasteiger partial charge is 0.352 e. The molecule has 168 valence electrons. The van der Waals surface area contributed by atoms with Crippen LogP contribution in [0.4, 0.5) is 0 Å². The van der Waals surface area contributed by atoms with Gasteiger partial charge in [-0.15, -0.1) is 11.8 Å². The maximum atomic E-state index is 13.3. The molecule has 31 heavy (non-hydrogen) atoms. The third-order valence-corrected chi connectivity index (χ3v) is 6.59. The lowest BCUT2D eigenvalue weighted by atomic mass is 10.1. The van der Waals surface area contributed by atoms with Crippen molar-refractivity contribution >= 4 is 23.6 Å². The first-order valence-electron chi connectivity index (χ1n) is 11.1. The highest BCUT2D eigenvalue weighted by Crippen LogP contribution is 2.19. The molecule has 2 rings (SSSR count). The van der Waals surface area contributed by atoms with Crippen LogP contribution >= 0.6 is 11.8 Å². The van der Waals surface area contributed by atoms with Crippen LogP contribution in [0.25, 0.3) is 0 Å². The second kappa shape index (κ2) is 12.6. The zero-order chi connectivity index (χ0) is 22.8. The Morgan fingerprint density at radius 3 is 2.29 bits per heavy atom. The van der Waals surface area contributed by atoms with Gasteiger partial charge in [-0.05, 0) is 50.3 Å². The predicted molar refractivity (Wildman–Crippen MR) is 131 cm³/mol. The third kappa shape index (κ3) is 7.73. The highest BCUT2D eigenvalue weighted by molar-refractivity contribution is 7.99. The van der Waals surface area contributed by atoms with E-state index < -0.39 is 6.04 Å². The van der Waals surface area contributed by atoms with E-state index in [1.807, 2.05) is 52.0 Å². The Morgan fingerprint density at radius 2 is 1.68 bits per heavy atom. The standard InChI is InChI=1S/C26H36N2O2S/c1-6-21(5)27-26(30)24(7-2)28(16-23-11-9-8-10-20(23)4)25(29)18-31-17-22-14-12-19(3)13-15-22/h8-15,21,24H,6-7,16-18H2,1-5H3,(H,27,30)/t21-,24-/m0/s1. The van der Waals surface area contributed by atoms with Gasteiger partial charge in [-0.1, -0.05) is 67.9 Å². The number of aryl methyl sites for hydroxylation is 2. The molecule has 0 saturated carbocycles. The quantitative estimate of drug-likeness (QED) is 0.519. The number of rotatable bonds is 11. The van der Waals surface area contributed by atoms with Crippen molar-refractivity contribution in [2.45, 2.75) is 71.8 Å². The second-order valence-corrected chi connectivity index (χ2v) is 9.15. The summed E-state index contributed by atoms with van der Waals surface area (Å²) in [5, 5.41) is 3.06. The van der Waals surface area contributed by atoms with E-state index in [4.69, 9.17) is 0 Å². The van der Waals surface area contributed by atoms with Crippen molar-refractivity contribution in [3.8, 4) is 0 Å². The molecule has 0 aliphatic rings. The van der Waals surface area contributed by atoms with Crippen LogP contribution in [0.5, 0.6) is 0 Å². The zero-order valence-corrected chi connectivity index (χ0v) is 20.3. The topological polar surface area (TPSA) is 49.4 Å². The summed E-state index contributed by atoms with van der Waals surface area (Å²) < 4.78 is 0. The molecule has 5 heteroatoms. The van der Waals surface area contributed by atoms with E-state index in [1.165, 1.54) is 11.1 Å². The molecule has 0 fully saturated rings. The van der Waals surface area contributed by atoms with E-state index in [1.54, 1.807) is 16.7 Å². The number of carbonyl (C=O) groups is 2. The molecule has 4 nitrogen and oxygen atoms in total. The number of amides is 2. The molecule has 0 aliphatic heterocycles. The Morgan fingerprint density at radius 1 is 1.00 bits per heavy atom. The first kappa shape index (κ1) is 25.0. The van der Waals surface area contributed by atoms with Gasteiger partial charge >= 0.3 is 0 Å². The molecule has 1 N–H and O–H groups in total. The molecular weight excluding hydrogens is 404 g/mol. The van der Waals surface area contributed by atoms with E-state index in [9.17, 15) is 9.59 Å². The number of thioether (sulfide) groups is 1. The van der Waals surface area contributed by atoms with Gasteiger partial charge in [0.15, 0.2) is 0 Å². The number of hydrogen-bond donors (Lipinski definition) is 1. The van der Waals surface area contributed by atoms with E-state index in [0.29, 0.717) is 18.7 Å². The predicted octanol–water partition coefficient (Wildman–Crippen LogP) is 5.26. The van der Waals surface area contributed by atoms with Crippen molar-refractivity contribution in [2.24, 2.45) is 0 Å². The highest BCUT2D eigenvalue weighted by Gasteiger charge is 2.29. The first-order valence-corrected chi connectivity index (χ1v) is 12.3. The van der Waals surface area contributed by atoms with Gasteiger partial charge in [-0.25, -0.2) is 0 Å². The minimum absolute atomic E-state index is 0.00603. The van der Waals surface area contributed by atoms with E-state index in [2.05, 4.69) is 36.5 Å². The van der Waals surface area contributed by atoms with E-state index >= 15 is 0 Å². The van der Waals surface area contributed by atoms with Gasteiger partial charge in [0, 0.05) is 18.3 Å². The maximum Gasteiger partial charge on any atom is 0.243 e. The SMILES string of the molecule is CC[C@H](C)NC(=O)[C@H](CC)N(Cc1ccccc1C)C(=O)CSCc1ccc(C)cc1. The summed E-state index contributed by atoms with van der Waals surface area (Å²) in [5.74, 6) is 1.07. The number of hydrogen-bond acceptors (Lipinski definition) is 3. The summed E-state index contributed by atoms with van der Waals surface area (Å²) in [6, 6.07) is 16.1. The van der Waals surface area contributed by atoms with Crippen molar-refractivity contribution in [3.05, 3.63) is 70.8 Å². The van der Waals surface area contributed by atoms with Gasteiger partial charge in [0.2, 0.25) is 11.8 Å². The van der Waals surface area contributed by atoms with Gasteiger partial charge in [0.1, 0.15) is 6.04 Å². The lowest BCUT2D eigenvalue weighted by molar-refractivity contribution is -0.139. The Bertz CT molecular complexity index is 851. The average Bonchev–Trinajstić information content (AvgIpc) is 2.76. The molecule has 2 aromatic carbocycles. The molecule has 0 spiro atoms. The van der Waals surface area contributed by atoms with Crippen molar-refractivity contribution in [3.63, 3.8) is 0 Å². The minimum Gasteiger partial charge on any atom is -0.352 e. The zero-order valence-electron chi connectivity index (χ0n) is 19.5. The lowest BCUT2D eigenvalue weighted by Gasteiger charge is -2.32. The van der Waals surface area contributed by atoms with E-state index in [0.717, 1.165) is 23.3 Å². The Hall–Kier alpha value is -2.27. The summed E-state index contributed by atoms with van der Waals surface area (Å²) in [7, 11) is 0. The second-order valence-electron chi connectivity index (χ2n) is 8.17. The third-order valence-electron chi connectivity index (χ3n) is 5.60. The summed E-state index contributed by atoms with van der Waals surface area (Å²) in [5.41, 5.74) is 4.64. The first-order chi connectivity index (χ1) is 14.8. The molecule has 0 bridgehead atoms. The van der Waals surface area contributed by atoms with Crippen LogP contribution in [0, 0.1) is 13.8 Å². The highest BCUT2D eigenvalue weighted by atomic mass is 32.2. The van der Waals surface area contributed by atoms with E-state index in [-0.39, 0.29) is 17.9 Å². The molecule has 0 unspecified atom stereocenters. The number of benzene rings is 2. The van der Waals surface area contributed by atoms with Crippen LogP contribution in [0.3, 0.4) is 0 Å². The molecular formula is C26H36N2O2S. The molecule has 0 aromatic heterocycles. The van der Waals surface area contributed by atoms with Crippen molar-refractivity contribution in [2.75, 3.05) is 5.75 Å². The Labute approximate surface area is 191 Å². The van der Waals surface area contributed by atoms with Crippen molar-refractivity contribution < 1.29 is 9.59 Å². The fourth-order valence-electron chi connectivity index (χ4n) is 3.36. The average molecular weight is 441 g/mol. The van der Waals surface area contributed by atoms with Crippen LogP contribution in [-0.4, -0.2) is 34.6 Å². The minimum atomic E-state index is -0.471. The van der Waals surface area contributed by atoms with Crippen LogP contribution in [0.2, 0.25) is 0 Å². The van der Waals surface area contributed by atoms with Crippen LogP contribution < -0.4 is 5.32 Å². The van der Waals surface area contributed by atoms with Gasteiger partial charge in [-0.2, -0.15) is 0 Å². The smallest absolute Gasteiger partial charge is 0.243 e. The normalized spacial score (nSPS) is 12.8. The maximum absolute atomic E-state index is 13.3. The number of nitrogens with one attached hydrogen (secondary N) is 1. The van der Waals surface area contributed by atoms with Crippen molar-refractivity contribution in [1.29, 1.82) is 0 Å². The molecule has 0 heterocycles. The number of carbonyl (C=O) groups excluding carboxylic acids is 2. The van der Waals surface area contributed by atoms with Crippen LogP contribution in [0.15, 0.2) is 48.5 Å². The Kier molecular flexibility index (Phi) is 10.1. The summed E-state index contributed by atoms with van der Waals surface area (Å²) in [4.78, 5) is 28.0. The summed E-state index contributed by atoms with van der Waals surface area (Å²) >= 11 is 1.60. The molecule has 0 saturated heterocycles. The molecule has 0 aliphatic carbocycles. The van der Waals surface area contributed by atoms with Gasteiger partial charge in [0.25, 0.3) is 0 Å².